The molecule has 0 fully saturated rings. The van der Waals surface area contributed by atoms with Gasteiger partial charge < -0.3 is 33.8 Å². The van der Waals surface area contributed by atoms with Gasteiger partial charge in [-0.1, -0.05) is 394 Å². The second-order valence-corrected chi connectivity index (χ2v) is 33.3. The maximum atomic E-state index is 13.1. The van der Waals surface area contributed by atoms with Gasteiger partial charge in [0.05, 0.1) is 26.4 Å². The largest absolute Gasteiger partial charge is 0.472 e. The van der Waals surface area contributed by atoms with Crippen molar-refractivity contribution in [3.63, 3.8) is 0 Å². The second-order valence-electron chi connectivity index (χ2n) is 30.3. The zero-order valence-electron chi connectivity index (χ0n) is 66.8. The first-order valence-corrected chi connectivity index (χ1v) is 46.1. The van der Waals surface area contributed by atoms with Crippen LogP contribution in [0, 0.1) is 5.92 Å². The van der Waals surface area contributed by atoms with Crippen LogP contribution >= 0.6 is 15.6 Å². The molecule has 0 rings (SSSR count). The van der Waals surface area contributed by atoms with Crippen molar-refractivity contribution in [2.75, 3.05) is 39.6 Å². The van der Waals surface area contributed by atoms with Gasteiger partial charge in [0.15, 0.2) is 12.2 Å². The summed E-state index contributed by atoms with van der Waals surface area (Å²) in [4.78, 5) is 73.1. The fraction of sp³-hybridized carbons (Fsp3) is 0.952. The molecule has 0 radical (unpaired) electrons. The summed E-state index contributed by atoms with van der Waals surface area (Å²) in [6.07, 6.45) is 68.1. The van der Waals surface area contributed by atoms with E-state index in [-0.39, 0.29) is 25.7 Å². The van der Waals surface area contributed by atoms with E-state index in [9.17, 15) is 43.2 Å². The van der Waals surface area contributed by atoms with Gasteiger partial charge in [-0.25, -0.2) is 9.13 Å². The zero-order valence-corrected chi connectivity index (χ0v) is 68.5. The average molecular weight is 1490 g/mol. The van der Waals surface area contributed by atoms with E-state index >= 15 is 0 Å². The van der Waals surface area contributed by atoms with Crippen molar-refractivity contribution in [3.8, 4) is 0 Å². The molecule has 0 spiro atoms. The highest BCUT2D eigenvalue weighted by molar-refractivity contribution is 7.47. The van der Waals surface area contributed by atoms with E-state index in [1.807, 2.05) is 0 Å². The highest BCUT2D eigenvalue weighted by atomic mass is 31.2. The van der Waals surface area contributed by atoms with Crippen molar-refractivity contribution < 1.29 is 80.2 Å². The SMILES string of the molecule is CCCCCCCCCCCCCCCCCCCCCCC(=O)O[C@H](COC(=O)CCCCCCCCCCCCCCCCCCCCC)COP(=O)(O)OC[C@@H](O)COP(=O)(O)OC[C@@H](COC(=O)CCCCCCCCCCCCC)OC(=O)CCCCCCCCCCCC(C)C. The first-order chi connectivity index (χ1) is 49.5. The van der Waals surface area contributed by atoms with Gasteiger partial charge in [-0.3, -0.25) is 37.3 Å². The van der Waals surface area contributed by atoms with E-state index in [1.165, 1.54) is 270 Å². The maximum absolute atomic E-state index is 13.1. The van der Waals surface area contributed by atoms with Crippen LogP contribution < -0.4 is 0 Å². The molecule has 3 N–H and O–H groups in total. The smallest absolute Gasteiger partial charge is 0.462 e. The molecular formula is C83H162O17P2. The number of phosphoric acid groups is 2. The summed E-state index contributed by atoms with van der Waals surface area (Å²) in [7, 11) is -9.92. The lowest BCUT2D eigenvalue weighted by Crippen LogP contribution is -2.30. The summed E-state index contributed by atoms with van der Waals surface area (Å²) >= 11 is 0. The summed E-state index contributed by atoms with van der Waals surface area (Å²) in [5, 5.41) is 10.6. The van der Waals surface area contributed by atoms with E-state index in [4.69, 9.17) is 37.0 Å². The molecule has 606 valence electrons. The molecule has 2 unspecified atom stereocenters. The molecule has 0 bridgehead atoms. The molecule has 0 saturated carbocycles. The lowest BCUT2D eigenvalue weighted by molar-refractivity contribution is -0.161. The van der Waals surface area contributed by atoms with Crippen molar-refractivity contribution >= 4 is 39.5 Å². The molecule has 0 aliphatic rings. The third kappa shape index (κ3) is 76.3. The Morgan fingerprint density at radius 1 is 0.265 bits per heavy atom. The number of phosphoric ester groups is 2. The molecule has 102 heavy (non-hydrogen) atoms. The van der Waals surface area contributed by atoms with Crippen LogP contribution in [0.5, 0.6) is 0 Å². The van der Waals surface area contributed by atoms with Gasteiger partial charge in [-0.15, -0.1) is 0 Å². The van der Waals surface area contributed by atoms with Gasteiger partial charge in [0, 0.05) is 25.7 Å². The Labute approximate surface area is 626 Å². The second kappa shape index (κ2) is 75.9. The topological polar surface area (TPSA) is 237 Å². The van der Waals surface area contributed by atoms with Crippen LogP contribution in [0.1, 0.15) is 446 Å². The molecule has 0 amide bonds. The normalized spacial score (nSPS) is 13.8. The summed E-state index contributed by atoms with van der Waals surface area (Å²) in [5.41, 5.74) is 0. The third-order valence-corrected chi connectivity index (χ3v) is 21.4. The molecule has 0 aromatic rings. The van der Waals surface area contributed by atoms with Gasteiger partial charge in [-0.2, -0.15) is 0 Å². The number of hydrogen-bond donors (Lipinski definition) is 3. The molecule has 0 heterocycles. The highest BCUT2D eigenvalue weighted by Crippen LogP contribution is 2.45. The van der Waals surface area contributed by atoms with Gasteiger partial charge >= 0.3 is 39.5 Å². The van der Waals surface area contributed by atoms with E-state index < -0.39 is 97.5 Å². The summed E-state index contributed by atoms with van der Waals surface area (Å²) in [6, 6.07) is 0. The molecule has 17 nitrogen and oxygen atoms in total. The monoisotopic (exact) mass is 1490 g/mol. The summed E-state index contributed by atoms with van der Waals surface area (Å²) in [5.74, 6) is -1.37. The van der Waals surface area contributed by atoms with E-state index in [0.717, 1.165) is 95.8 Å². The van der Waals surface area contributed by atoms with Crippen LogP contribution in [0.4, 0.5) is 0 Å². The molecule has 5 atom stereocenters. The fourth-order valence-corrected chi connectivity index (χ4v) is 14.5. The minimum absolute atomic E-state index is 0.106. The van der Waals surface area contributed by atoms with Crippen molar-refractivity contribution in [1.82, 2.24) is 0 Å². The Morgan fingerprint density at radius 3 is 0.667 bits per heavy atom. The van der Waals surface area contributed by atoms with Gasteiger partial charge in [-0.05, 0) is 31.6 Å². The Hall–Kier alpha value is -1.94. The van der Waals surface area contributed by atoms with E-state index in [2.05, 4.69) is 34.6 Å². The van der Waals surface area contributed by atoms with Crippen molar-refractivity contribution in [2.45, 2.75) is 464 Å². The molecule has 0 aromatic carbocycles. The van der Waals surface area contributed by atoms with Crippen LogP contribution in [-0.2, 0) is 65.4 Å². The zero-order chi connectivity index (χ0) is 74.8. The Bertz CT molecular complexity index is 1940. The van der Waals surface area contributed by atoms with Crippen LogP contribution in [0.25, 0.3) is 0 Å². The number of carbonyl (C=O) groups is 4. The quantitative estimate of drug-likeness (QED) is 0.0222. The van der Waals surface area contributed by atoms with Crippen LogP contribution in [0.3, 0.4) is 0 Å². The van der Waals surface area contributed by atoms with E-state index in [0.29, 0.717) is 25.7 Å². The summed E-state index contributed by atoms with van der Waals surface area (Å²) < 4.78 is 68.8. The van der Waals surface area contributed by atoms with Crippen molar-refractivity contribution in [1.29, 1.82) is 0 Å². The highest BCUT2D eigenvalue weighted by Gasteiger charge is 2.30. The van der Waals surface area contributed by atoms with Crippen molar-refractivity contribution in [3.05, 3.63) is 0 Å². The predicted octanol–water partition coefficient (Wildman–Crippen LogP) is 25.2. The Morgan fingerprint density at radius 2 is 0.451 bits per heavy atom. The molecule has 0 saturated heterocycles. The third-order valence-electron chi connectivity index (χ3n) is 19.5. The van der Waals surface area contributed by atoms with Gasteiger partial charge in [0.1, 0.15) is 19.3 Å². The maximum Gasteiger partial charge on any atom is 0.472 e. The molecular weight excluding hydrogens is 1330 g/mol. The predicted molar refractivity (Wildman–Crippen MR) is 418 cm³/mol. The van der Waals surface area contributed by atoms with E-state index in [1.54, 1.807) is 0 Å². The first kappa shape index (κ1) is 100. The number of aliphatic hydroxyl groups excluding tert-OH is 1. The number of aliphatic hydroxyl groups is 1. The molecule has 19 heteroatoms. The van der Waals surface area contributed by atoms with Crippen molar-refractivity contribution in [2.24, 2.45) is 5.92 Å². The molecule has 0 aliphatic heterocycles. The number of rotatable bonds is 83. The van der Waals surface area contributed by atoms with Crippen LogP contribution in [0.2, 0.25) is 0 Å². The first-order valence-electron chi connectivity index (χ1n) is 43.1. The number of hydrogen-bond acceptors (Lipinski definition) is 15. The number of esters is 4. The number of carbonyl (C=O) groups excluding carboxylic acids is 4. The van der Waals surface area contributed by atoms with Gasteiger partial charge in [0.25, 0.3) is 0 Å². The summed E-state index contributed by atoms with van der Waals surface area (Å²) in [6.45, 7) is 7.31. The number of ether oxygens (including phenoxy) is 4. The minimum atomic E-state index is -4.96. The Balaban J connectivity index is 5.22. The molecule has 0 aromatic heterocycles. The lowest BCUT2D eigenvalue weighted by Gasteiger charge is -2.21. The fourth-order valence-electron chi connectivity index (χ4n) is 12.9. The minimum Gasteiger partial charge on any atom is -0.462 e. The van der Waals surface area contributed by atoms with Crippen LogP contribution in [0.15, 0.2) is 0 Å². The average Bonchev–Trinajstić information content (AvgIpc) is 0.991. The van der Waals surface area contributed by atoms with Gasteiger partial charge in [0.2, 0.25) is 0 Å². The number of unbranched alkanes of at least 4 members (excludes halogenated alkanes) is 55. The molecule has 0 aliphatic carbocycles. The Kier molecular flexibility index (Phi) is 74.4. The lowest BCUT2D eigenvalue weighted by atomic mass is 10.0. The van der Waals surface area contributed by atoms with Crippen LogP contribution in [-0.4, -0.2) is 96.7 Å². The standard InChI is InChI=1S/C83H162O17P2/c1-6-9-12-15-18-21-24-26-28-30-32-34-36-38-40-43-48-53-58-63-68-82(87)99-78(72-94-81(86)67-62-57-52-47-42-39-37-35-33-31-29-27-25-22-19-16-13-10-7-2)74-97-101(89,90)95-70-77(84)71-96-102(91,92)98-75-79(73-93-80(85)66-61-56-51-46-41-23-20-17-14-11-8-3)100-83(88)69-64-59-54-49-44-45-50-55-60-65-76(4)5/h76-79,84H,6-75H2,1-5H3,(H,89,90)(H,91,92)/t77-,78-,79-/m1/s1.